The number of carbonyl (C=O) groups excluding carboxylic acids is 2. The molecule has 0 saturated carbocycles. The Bertz CT molecular complexity index is 960. The van der Waals surface area contributed by atoms with Gasteiger partial charge in [-0.15, -0.1) is 0 Å². The third-order valence-corrected chi connectivity index (χ3v) is 4.67. The second-order valence-corrected chi connectivity index (χ2v) is 8.23. The van der Waals surface area contributed by atoms with Crippen LogP contribution in [0.4, 0.5) is 17.6 Å². The van der Waals surface area contributed by atoms with Gasteiger partial charge in [0, 0.05) is 6.07 Å². The molecule has 0 fully saturated rings. The fraction of sp³-hybridized carbons (Fsp3) is 0.429. The zero-order chi connectivity index (χ0) is 24.8. The van der Waals surface area contributed by atoms with Gasteiger partial charge < -0.3 is 28.1 Å². The second-order valence-electron chi connectivity index (χ2n) is 5.39. The average Bonchev–Trinajstić information content (AvgIpc) is 2.66. The zero-order valence-corrected chi connectivity index (χ0v) is 17.0. The molecule has 182 valence electrons. The van der Waals surface area contributed by atoms with Gasteiger partial charge in [-0.3, -0.25) is 0 Å². The van der Waals surface area contributed by atoms with Crippen molar-refractivity contribution in [1.29, 1.82) is 0 Å². The molecule has 1 rings (SSSR count). The molecule has 0 heterocycles. The first kappa shape index (κ1) is 27.3. The summed E-state index contributed by atoms with van der Waals surface area (Å²) in [6.45, 7) is -2.83. The summed E-state index contributed by atoms with van der Waals surface area (Å²) < 4.78 is 131. The third kappa shape index (κ3) is 7.18. The Morgan fingerprint density at radius 3 is 1.41 bits per heavy atom. The predicted octanol–water partition coefficient (Wildman–Crippen LogP) is -0.193. The van der Waals surface area contributed by atoms with Gasteiger partial charge in [-0.05, 0) is 12.1 Å². The van der Waals surface area contributed by atoms with Crippen molar-refractivity contribution in [3.63, 3.8) is 0 Å². The van der Waals surface area contributed by atoms with Crippen molar-refractivity contribution in [1.82, 2.24) is 0 Å². The third-order valence-electron chi connectivity index (χ3n) is 3.08. The quantitative estimate of drug-likeness (QED) is 0.156. The molecule has 18 heteroatoms. The van der Waals surface area contributed by atoms with Crippen LogP contribution in [0.3, 0.4) is 0 Å². The Morgan fingerprint density at radius 2 is 1.09 bits per heavy atom. The normalized spacial score (nSPS) is 12.7. The number of hydrogen-bond acceptors (Lipinski definition) is 12. The second kappa shape index (κ2) is 10.3. The lowest BCUT2D eigenvalue weighted by molar-refractivity contribution is -0.162. The largest absolute Gasteiger partial charge is 0.743 e. The van der Waals surface area contributed by atoms with Crippen molar-refractivity contribution in [2.24, 2.45) is 0 Å². The van der Waals surface area contributed by atoms with E-state index < -0.39 is 69.1 Å². The maximum Gasteiger partial charge on any atom is 0.428 e. The van der Waals surface area contributed by atoms with E-state index in [1.165, 1.54) is 18.2 Å². The lowest BCUT2D eigenvalue weighted by Crippen LogP contribution is -2.39. The lowest BCUT2D eigenvalue weighted by Gasteiger charge is -2.18. The standard InChI is InChI=1S/C14H14F4O12S2/c15-13(16,31(21,22)23)11(19)29-6-4-27-9-2-1-3-10(8-9)28-5-7-30-12(20)14(17,18)32(24,25)26/h1-3,8H,4-7H2,(H,21,22,23)(H,24,25,26)/p-2. The summed E-state index contributed by atoms with van der Waals surface area (Å²) in [7, 11) is -12.5. The van der Waals surface area contributed by atoms with E-state index in [2.05, 4.69) is 9.47 Å². The van der Waals surface area contributed by atoms with Crippen LogP contribution in [0.2, 0.25) is 0 Å². The molecule has 0 amide bonds. The minimum Gasteiger partial charge on any atom is -0.743 e. The minimum atomic E-state index is -6.26. The van der Waals surface area contributed by atoms with Gasteiger partial charge in [-0.2, -0.15) is 17.6 Å². The number of halogens is 4. The van der Waals surface area contributed by atoms with Gasteiger partial charge in [0.1, 0.15) is 37.9 Å². The van der Waals surface area contributed by atoms with E-state index in [0.717, 1.165) is 6.07 Å². The maximum atomic E-state index is 12.9. The molecule has 0 atom stereocenters. The lowest BCUT2D eigenvalue weighted by atomic mass is 10.3. The topological polar surface area (TPSA) is 185 Å². The van der Waals surface area contributed by atoms with Crippen molar-refractivity contribution in [3.05, 3.63) is 24.3 Å². The fourth-order valence-corrected chi connectivity index (χ4v) is 2.14. The molecular formula is C14H12F4O12S2-2. The molecule has 12 nitrogen and oxygen atoms in total. The van der Waals surface area contributed by atoms with Crippen LogP contribution in [0, 0.1) is 0 Å². The molecule has 0 aromatic heterocycles. The summed E-state index contributed by atoms with van der Waals surface area (Å²) in [4.78, 5) is 21.9. The maximum absolute atomic E-state index is 12.9. The van der Waals surface area contributed by atoms with Crippen LogP contribution < -0.4 is 9.47 Å². The van der Waals surface area contributed by atoms with Gasteiger partial charge in [-0.1, -0.05) is 6.07 Å². The first-order valence-electron chi connectivity index (χ1n) is 7.86. The van der Waals surface area contributed by atoms with Crippen LogP contribution >= 0.6 is 0 Å². The van der Waals surface area contributed by atoms with Gasteiger partial charge in [0.25, 0.3) is 0 Å². The van der Waals surface area contributed by atoms with Gasteiger partial charge in [-0.25, -0.2) is 26.4 Å². The highest BCUT2D eigenvalue weighted by Crippen LogP contribution is 2.23. The Balaban J connectivity index is 2.46. The molecule has 1 aromatic carbocycles. The van der Waals surface area contributed by atoms with E-state index in [1.807, 2.05) is 0 Å². The predicted molar refractivity (Wildman–Crippen MR) is 88.6 cm³/mol. The number of benzene rings is 1. The smallest absolute Gasteiger partial charge is 0.428 e. The summed E-state index contributed by atoms with van der Waals surface area (Å²) >= 11 is 0. The molecule has 0 aliphatic carbocycles. The van der Waals surface area contributed by atoms with Crippen molar-refractivity contribution < 1.29 is 72.0 Å². The van der Waals surface area contributed by atoms with E-state index in [1.54, 1.807) is 0 Å². The van der Waals surface area contributed by atoms with Gasteiger partial charge in [0.2, 0.25) is 0 Å². The number of esters is 2. The van der Waals surface area contributed by atoms with Crippen LogP contribution in [0.25, 0.3) is 0 Å². The van der Waals surface area contributed by atoms with Crippen molar-refractivity contribution in [2.75, 3.05) is 26.4 Å². The highest BCUT2D eigenvalue weighted by molar-refractivity contribution is 7.87. The first-order valence-corrected chi connectivity index (χ1v) is 10.7. The first-order chi connectivity index (χ1) is 14.5. The van der Waals surface area contributed by atoms with Crippen molar-refractivity contribution >= 4 is 32.2 Å². The molecule has 0 spiro atoms. The average molecular weight is 512 g/mol. The van der Waals surface area contributed by atoms with Crippen LogP contribution in [-0.4, -0.2) is 74.8 Å². The molecule has 0 aliphatic rings. The van der Waals surface area contributed by atoms with E-state index in [4.69, 9.17) is 9.47 Å². The van der Waals surface area contributed by atoms with Gasteiger partial charge in [0.15, 0.2) is 20.2 Å². The molecular weight excluding hydrogens is 500 g/mol. The van der Waals surface area contributed by atoms with Crippen LogP contribution in [0.1, 0.15) is 0 Å². The van der Waals surface area contributed by atoms with E-state index in [-0.39, 0.29) is 11.5 Å². The van der Waals surface area contributed by atoms with E-state index in [9.17, 15) is 53.1 Å². The highest BCUT2D eigenvalue weighted by Gasteiger charge is 2.49. The molecule has 0 saturated heterocycles. The Labute approximate surface area is 177 Å². The Morgan fingerprint density at radius 1 is 0.750 bits per heavy atom. The van der Waals surface area contributed by atoms with Crippen LogP contribution in [-0.2, 0) is 39.3 Å². The molecule has 0 N–H and O–H groups in total. The summed E-state index contributed by atoms with van der Waals surface area (Å²) in [6, 6.07) is 5.12. The summed E-state index contributed by atoms with van der Waals surface area (Å²) in [5.74, 6) is -5.17. The molecule has 1 aromatic rings. The fourth-order valence-electron chi connectivity index (χ4n) is 1.61. The number of carbonyl (C=O) groups is 2. The van der Waals surface area contributed by atoms with Crippen LogP contribution in [0.15, 0.2) is 24.3 Å². The monoisotopic (exact) mass is 512 g/mol. The van der Waals surface area contributed by atoms with Crippen LogP contribution in [0.5, 0.6) is 11.5 Å². The van der Waals surface area contributed by atoms with Crippen molar-refractivity contribution in [2.45, 2.75) is 10.5 Å². The molecule has 0 bridgehead atoms. The summed E-state index contributed by atoms with van der Waals surface area (Å²) in [6.07, 6.45) is 0. The SMILES string of the molecule is O=C(OCCOc1cccc(OCCOC(=O)C(F)(F)S(=O)(=O)[O-])c1)C(F)(F)S(=O)(=O)[O-]. The highest BCUT2D eigenvalue weighted by atomic mass is 32.2. The Hall–Kier alpha value is -2.70. The minimum absolute atomic E-state index is 0.00253. The number of alkyl halides is 4. The molecule has 0 aliphatic heterocycles. The van der Waals surface area contributed by atoms with Gasteiger partial charge >= 0.3 is 22.4 Å². The van der Waals surface area contributed by atoms with Crippen molar-refractivity contribution in [3.8, 4) is 11.5 Å². The number of ether oxygens (including phenoxy) is 4. The van der Waals surface area contributed by atoms with Gasteiger partial charge in [0.05, 0.1) is 0 Å². The molecule has 0 unspecified atom stereocenters. The number of hydrogen-bond donors (Lipinski definition) is 0. The molecule has 32 heavy (non-hydrogen) atoms. The zero-order valence-electron chi connectivity index (χ0n) is 15.4. The van der Waals surface area contributed by atoms with E-state index >= 15 is 0 Å². The summed E-state index contributed by atoms with van der Waals surface area (Å²) in [5, 5.41) is -10.5. The van der Waals surface area contributed by atoms with E-state index in [0.29, 0.717) is 0 Å². The number of rotatable bonds is 12. The summed E-state index contributed by atoms with van der Waals surface area (Å²) in [5.41, 5.74) is 0. The molecule has 0 radical (unpaired) electrons. The Kier molecular flexibility index (Phi) is 8.78.